The van der Waals surface area contributed by atoms with Crippen LogP contribution in [0.15, 0.2) is 35.2 Å². The van der Waals surface area contributed by atoms with Crippen LogP contribution in [0, 0.1) is 11.8 Å². The van der Waals surface area contributed by atoms with Gasteiger partial charge in [0.1, 0.15) is 0 Å². The summed E-state index contributed by atoms with van der Waals surface area (Å²) < 4.78 is 27.1. The van der Waals surface area contributed by atoms with Gasteiger partial charge >= 0.3 is 0 Å². The molecular weight excluding hydrogens is 350 g/mol. The second-order valence-electron chi connectivity index (χ2n) is 7.54. The summed E-state index contributed by atoms with van der Waals surface area (Å²) in [5, 5.41) is 0. The number of likely N-dealkylation sites (tertiary alicyclic amines) is 1. The number of amides is 1. The Morgan fingerprint density at radius 3 is 2.38 bits per heavy atom. The summed E-state index contributed by atoms with van der Waals surface area (Å²) in [6.45, 7) is 4.24. The topological polar surface area (TPSA) is 83.7 Å². The summed E-state index contributed by atoms with van der Waals surface area (Å²) in [7, 11) is -3.53. The molecule has 7 heteroatoms. The normalized spacial score (nSPS) is 24.4. The zero-order valence-corrected chi connectivity index (χ0v) is 16.2. The van der Waals surface area contributed by atoms with Crippen LogP contribution in [0.5, 0.6) is 0 Å². The zero-order chi connectivity index (χ0) is 18.7. The Labute approximate surface area is 156 Å². The Morgan fingerprint density at radius 1 is 1.12 bits per heavy atom. The second-order valence-corrected chi connectivity index (χ2v) is 9.48. The molecule has 0 aliphatic carbocycles. The molecule has 0 aromatic heterocycles. The highest BCUT2D eigenvalue weighted by Crippen LogP contribution is 2.27. The summed E-state index contributed by atoms with van der Waals surface area (Å²) >= 11 is 0. The monoisotopic (exact) mass is 379 g/mol. The maximum absolute atomic E-state index is 12.9. The van der Waals surface area contributed by atoms with Gasteiger partial charge in [0.2, 0.25) is 15.9 Å². The molecule has 2 fully saturated rings. The van der Waals surface area contributed by atoms with Crippen LogP contribution < -0.4 is 5.73 Å². The summed E-state index contributed by atoms with van der Waals surface area (Å²) in [6.07, 6.45) is 3.34. The van der Waals surface area contributed by atoms with Crippen molar-refractivity contribution in [3.8, 4) is 0 Å². The molecule has 2 atom stereocenters. The van der Waals surface area contributed by atoms with E-state index in [9.17, 15) is 13.2 Å². The van der Waals surface area contributed by atoms with E-state index < -0.39 is 10.0 Å². The van der Waals surface area contributed by atoms with Gasteiger partial charge in [-0.25, -0.2) is 8.42 Å². The van der Waals surface area contributed by atoms with Crippen molar-refractivity contribution in [2.75, 3.05) is 26.2 Å². The van der Waals surface area contributed by atoms with Crippen molar-refractivity contribution in [1.82, 2.24) is 9.21 Å². The van der Waals surface area contributed by atoms with E-state index in [2.05, 4.69) is 0 Å². The molecule has 2 aliphatic heterocycles. The lowest BCUT2D eigenvalue weighted by atomic mass is 9.89. The number of carbonyl (C=O) groups excluding carboxylic acids is 1. The van der Waals surface area contributed by atoms with E-state index in [1.165, 1.54) is 4.31 Å². The molecule has 6 nitrogen and oxygen atoms in total. The molecule has 26 heavy (non-hydrogen) atoms. The minimum atomic E-state index is -3.53. The first-order chi connectivity index (χ1) is 12.4. The van der Waals surface area contributed by atoms with Crippen LogP contribution in [-0.4, -0.2) is 55.8 Å². The van der Waals surface area contributed by atoms with E-state index in [1.807, 2.05) is 11.8 Å². The summed E-state index contributed by atoms with van der Waals surface area (Å²) in [5.41, 5.74) is 5.98. The molecule has 0 radical (unpaired) electrons. The number of carbonyl (C=O) groups is 1. The lowest BCUT2D eigenvalue weighted by molar-refractivity contribution is -0.138. The lowest BCUT2D eigenvalue weighted by Gasteiger charge is -2.38. The van der Waals surface area contributed by atoms with Gasteiger partial charge in [0.25, 0.3) is 0 Å². The molecule has 0 spiro atoms. The minimum absolute atomic E-state index is 0.0982. The number of nitrogens with zero attached hydrogens (tertiary/aromatic N) is 2. The van der Waals surface area contributed by atoms with Gasteiger partial charge in [-0.2, -0.15) is 4.31 Å². The molecule has 1 aromatic rings. The highest BCUT2D eigenvalue weighted by Gasteiger charge is 2.36. The summed E-state index contributed by atoms with van der Waals surface area (Å²) in [4.78, 5) is 15.1. The van der Waals surface area contributed by atoms with Crippen LogP contribution in [0.1, 0.15) is 32.6 Å². The van der Waals surface area contributed by atoms with Gasteiger partial charge in [0.15, 0.2) is 0 Å². The number of hydrogen-bond donors (Lipinski definition) is 1. The van der Waals surface area contributed by atoms with Crippen LogP contribution in [0.3, 0.4) is 0 Å². The predicted octanol–water partition coefficient (Wildman–Crippen LogP) is 1.67. The highest BCUT2D eigenvalue weighted by atomic mass is 32.2. The van der Waals surface area contributed by atoms with Crippen molar-refractivity contribution < 1.29 is 13.2 Å². The third-order valence-corrected chi connectivity index (χ3v) is 7.59. The van der Waals surface area contributed by atoms with Crippen molar-refractivity contribution in [1.29, 1.82) is 0 Å². The smallest absolute Gasteiger partial charge is 0.243 e. The standard InChI is InChI=1S/C19H29N3O3S/c1-15(20)16-9-12-21(13-10-16)19(23)17-6-5-11-22(14-17)26(24,25)18-7-3-2-4-8-18/h2-4,7-8,15-17H,5-6,9-14,20H2,1H3. The second kappa shape index (κ2) is 8.06. The zero-order valence-electron chi connectivity index (χ0n) is 15.4. The minimum Gasteiger partial charge on any atom is -0.342 e. The Hall–Kier alpha value is -1.44. The van der Waals surface area contributed by atoms with E-state index >= 15 is 0 Å². The number of sulfonamides is 1. The molecule has 1 aromatic carbocycles. The predicted molar refractivity (Wildman–Crippen MR) is 101 cm³/mol. The molecule has 2 unspecified atom stereocenters. The molecule has 2 N–H and O–H groups in total. The van der Waals surface area contributed by atoms with Crippen LogP contribution in [-0.2, 0) is 14.8 Å². The number of hydrogen-bond acceptors (Lipinski definition) is 4. The van der Waals surface area contributed by atoms with Crippen LogP contribution in [0.25, 0.3) is 0 Å². The fourth-order valence-corrected chi connectivity index (χ4v) is 5.55. The van der Waals surface area contributed by atoms with Gasteiger partial charge in [-0.05, 0) is 50.7 Å². The van der Waals surface area contributed by atoms with Crippen molar-refractivity contribution in [2.45, 2.75) is 43.5 Å². The first kappa shape index (κ1) is 19.3. The number of piperidine rings is 2. The van der Waals surface area contributed by atoms with Gasteiger partial charge in [0.05, 0.1) is 10.8 Å². The molecule has 2 saturated heterocycles. The van der Waals surface area contributed by atoms with Crippen molar-refractivity contribution in [3.05, 3.63) is 30.3 Å². The van der Waals surface area contributed by atoms with E-state index in [1.54, 1.807) is 30.3 Å². The van der Waals surface area contributed by atoms with Crippen molar-refractivity contribution in [3.63, 3.8) is 0 Å². The fraction of sp³-hybridized carbons (Fsp3) is 0.632. The number of rotatable bonds is 4. The van der Waals surface area contributed by atoms with Gasteiger partial charge in [-0.15, -0.1) is 0 Å². The Morgan fingerprint density at radius 2 is 1.77 bits per heavy atom. The third kappa shape index (κ3) is 4.10. The summed E-state index contributed by atoms with van der Waals surface area (Å²) in [6, 6.07) is 8.63. The first-order valence-corrected chi connectivity index (χ1v) is 10.9. The molecule has 0 saturated carbocycles. The van der Waals surface area contributed by atoms with E-state index in [4.69, 9.17) is 5.73 Å². The maximum atomic E-state index is 12.9. The SMILES string of the molecule is CC(N)C1CCN(C(=O)C2CCCN(S(=O)(=O)c3ccccc3)C2)CC1. The molecule has 3 rings (SSSR count). The Balaban J connectivity index is 1.64. The van der Waals surface area contributed by atoms with Gasteiger partial charge < -0.3 is 10.6 Å². The lowest BCUT2D eigenvalue weighted by Crippen LogP contribution is -2.49. The van der Waals surface area contributed by atoms with Gasteiger partial charge in [0, 0.05) is 32.2 Å². The van der Waals surface area contributed by atoms with Crippen LogP contribution in [0.4, 0.5) is 0 Å². The van der Waals surface area contributed by atoms with E-state index in [0.29, 0.717) is 17.4 Å². The molecular formula is C19H29N3O3S. The molecule has 1 amide bonds. The number of nitrogens with two attached hydrogens (primary N) is 1. The van der Waals surface area contributed by atoms with E-state index in [-0.39, 0.29) is 24.4 Å². The van der Waals surface area contributed by atoms with Gasteiger partial charge in [-0.3, -0.25) is 4.79 Å². The molecule has 144 valence electrons. The molecule has 2 heterocycles. The van der Waals surface area contributed by atoms with Crippen LogP contribution >= 0.6 is 0 Å². The number of benzene rings is 1. The Kier molecular flexibility index (Phi) is 5.99. The molecule has 2 aliphatic rings. The van der Waals surface area contributed by atoms with Crippen LogP contribution in [0.2, 0.25) is 0 Å². The third-order valence-electron chi connectivity index (χ3n) is 5.71. The van der Waals surface area contributed by atoms with E-state index in [0.717, 1.165) is 38.8 Å². The van der Waals surface area contributed by atoms with Gasteiger partial charge in [-0.1, -0.05) is 18.2 Å². The molecule has 0 bridgehead atoms. The average molecular weight is 380 g/mol. The van der Waals surface area contributed by atoms with Crippen molar-refractivity contribution in [2.24, 2.45) is 17.6 Å². The Bertz CT molecular complexity index is 713. The van der Waals surface area contributed by atoms with Crippen molar-refractivity contribution >= 4 is 15.9 Å². The fourth-order valence-electron chi connectivity index (χ4n) is 4.01. The summed E-state index contributed by atoms with van der Waals surface area (Å²) in [5.74, 6) is 0.329. The quantitative estimate of drug-likeness (QED) is 0.863. The first-order valence-electron chi connectivity index (χ1n) is 9.49. The average Bonchev–Trinajstić information content (AvgIpc) is 2.68. The maximum Gasteiger partial charge on any atom is 0.243 e. The highest BCUT2D eigenvalue weighted by molar-refractivity contribution is 7.89. The largest absolute Gasteiger partial charge is 0.342 e.